The third kappa shape index (κ3) is 11.2. The second kappa shape index (κ2) is 19.8. The van der Waals surface area contributed by atoms with Crippen LogP contribution >= 0.6 is 0 Å². The van der Waals surface area contributed by atoms with Gasteiger partial charge in [-0.3, -0.25) is 19.2 Å². The van der Waals surface area contributed by atoms with E-state index in [1.807, 2.05) is 0 Å². The van der Waals surface area contributed by atoms with E-state index in [0.29, 0.717) is 0 Å². The molecule has 0 N–H and O–H groups in total. The van der Waals surface area contributed by atoms with Crippen molar-refractivity contribution in [1.29, 1.82) is 0 Å². The monoisotopic (exact) mass is 806 g/mol. The van der Waals surface area contributed by atoms with E-state index in [2.05, 4.69) is 0 Å². The maximum atomic E-state index is 13.8. The van der Waals surface area contributed by atoms with Crippen LogP contribution in [0.4, 0.5) is 0 Å². The average Bonchev–Trinajstić information content (AvgIpc) is 3.19. The van der Waals surface area contributed by atoms with Gasteiger partial charge >= 0.3 is 41.8 Å². The summed E-state index contributed by atoms with van der Waals surface area (Å²) in [6.07, 6.45) is -15.9. The summed E-state index contributed by atoms with van der Waals surface area (Å²) in [4.78, 5) is 90.1. The molecule has 308 valence electrons. The number of hydrogen-bond donors (Lipinski definition) is 0. The summed E-state index contributed by atoms with van der Waals surface area (Å²) in [5.41, 5.74) is 0.314. The molecular weight excluding hydrogens is 764 g/mol. The van der Waals surface area contributed by atoms with Crippen molar-refractivity contribution in [2.75, 3.05) is 6.61 Å². The molecule has 3 aromatic carbocycles. The first kappa shape index (κ1) is 43.0. The van der Waals surface area contributed by atoms with Gasteiger partial charge in [-0.2, -0.15) is 0 Å². The first-order chi connectivity index (χ1) is 27.7. The van der Waals surface area contributed by atoms with Gasteiger partial charge in [-0.25, -0.2) is 14.4 Å². The lowest BCUT2D eigenvalue weighted by Gasteiger charge is -2.47. The zero-order chi connectivity index (χ0) is 41.9. The number of carbonyl (C=O) groups excluding carboxylic acids is 7. The van der Waals surface area contributed by atoms with Crippen LogP contribution in [0.1, 0.15) is 65.7 Å². The standard InChI is InChI=1S/C41H42O17/c1-22-31(55-37(46)27-15-9-6-10-16-27)33(56-38(47)28-17-11-7-12-18-28)36(57-39(48)29-19-13-8-14-20-29)40(50-22)58-41-35(53-26(5)45)34(52-25(4)44)32(51-24(3)43)30(54-41)21-49-23(2)42/h6-20,22,30-36,40-41H,21H2,1-5H3/t22-,30-,31+,32+,33+,34+,35-,36-,40-,41?/m1/s1. The van der Waals surface area contributed by atoms with Gasteiger partial charge in [0.1, 0.15) is 12.7 Å². The summed E-state index contributed by atoms with van der Waals surface area (Å²) < 4.78 is 58.3. The highest BCUT2D eigenvalue weighted by molar-refractivity contribution is 5.91. The minimum atomic E-state index is -1.82. The Morgan fingerprint density at radius 2 is 0.810 bits per heavy atom. The van der Waals surface area contributed by atoms with Crippen molar-refractivity contribution in [2.45, 2.75) is 96.0 Å². The molecule has 2 fully saturated rings. The van der Waals surface area contributed by atoms with Gasteiger partial charge in [-0.05, 0) is 43.3 Å². The number of esters is 7. The second-order valence-electron chi connectivity index (χ2n) is 13.1. The van der Waals surface area contributed by atoms with E-state index < -0.39 is 110 Å². The molecule has 10 atom stereocenters. The molecule has 0 aromatic heterocycles. The largest absolute Gasteiger partial charge is 0.463 e. The SMILES string of the molecule is CC(=O)OC[C@H]1OC(O[C@H]2O[C@H](C)[C@H](OC(=O)c3ccccc3)[C@H](OC(=O)c3ccccc3)[C@H]2OC(=O)c2ccccc2)[C@H](OC(C)=O)[C@@H](OC(C)=O)[C@H]1OC(C)=O. The zero-order valence-electron chi connectivity index (χ0n) is 32.1. The van der Waals surface area contributed by atoms with Crippen molar-refractivity contribution < 1.29 is 80.9 Å². The number of hydrogen-bond acceptors (Lipinski definition) is 17. The van der Waals surface area contributed by atoms with Gasteiger partial charge in [-0.15, -0.1) is 0 Å². The molecule has 1 unspecified atom stereocenters. The summed E-state index contributed by atoms with van der Waals surface area (Å²) in [5.74, 6) is -6.05. The van der Waals surface area contributed by atoms with Crippen molar-refractivity contribution in [1.82, 2.24) is 0 Å². The van der Waals surface area contributed by atoms with E-state index in [1.165, 1.54) is 43.3 Å². The third-order valence-corrected chi connectivity index (χ3v) is 8.70. The summed E-state index contributed by atoms with van der Waals surface area (Å²) in [6, 6.07) is 23.5. The van der Waals surface area contributed by atoms with Crippen LogP contribution in [0, 0.1) is 0 Å². The Bertz CT molecular complexity index is 1920. The lowest BCUT2D eigenvalue weighted by Crippen LogP contribution is -2.66. The molecule has 2 aliphatic heterocycles. The molecular formula is C41H42O17. The number of ether oxygens (including phenoxy) is 10. The molecule has 5 rings (SSSR count). The molecule has 17 nitrogen and oxygen atoms in total. The van der Waals surface area contributed by atoms with E-state index in [0.717, 1.165) is 27.7 Å². The fourth-order valence-electron chi connectivity index (χ4n) is 6.23. The van der Waals surface area contributed by atoms with Crippen molar-refractivity contribution in [3.05, 3.63) is 108 Å². The molecule has 0 bridgehead atoms. The summed E-state index contributed by atoms with van der Waals surface area (Å²) >= 11 is 0. The van der Waals surface area contributed by atoms with Crippen LogP contribution in [-0.2, 0) is 66.5 Å². The van der Waals surface area contributed by atoms with E-state index in [1.54, 1.807) is 54.6 Å². The van der Waals surface area contributed by atoms with Crippen LogP contribution in [0.25, 0.3) is 0 Å². The Hall–Kier alpha value is -6.17. The van der Waals surface area contributed by atoms with E-state index >= 15 is 0 Å². The van der Waals surface area contributed by atoms with Crippen LogP contribution in [-0.4, -0.2) is 110 Å². The highest BCUT2D eigenvalue weighted by Crippen LogP contribution is 2.36. The Morgan fingerprint density at radius 3 is 1.26 bits per heavy atom. The van der Waals surface area contributed by atoms with Gasteiger partial charge in [0.15, 0.2) is 36.6 Å². The topological polar surface area (TPSA) is 212 Å². The molecule has 2 aliphatic rings. The average molecular weight is 807 g/mol. The van der Waals surface area contributed by atoms with Gasteiger partial charge in [-0.1, -0.05) is 54.6 Å². The van der Waals surface area contributed by atoms with Crippen molar-refractivity contribution >= 4 is 41.8 Å². The Labute approximate surface area is 332 Å². The highest BCUT2D eigenvalue weighted by atomic mass is 16.8. The van der Waals surface area contributed by atoms with Crippen LogP contribution in [0.2, 0.25) is 0 Å². The lowest BCUT2D eigenvalue weighted by molar-refractivity contribution is -0.372. The van der Waals surface area contributed by atoms with E-state index in [-0.39, 0.29) is 16.7 Å². The molecule has 3 aromatic rings. The first-order valence-corrected chi connectivity index (χ1v) is 18.1. The fraction of sp³-hybridized carbons (Fsp3) is 0.390. The molecule has 0 saturated carbocycles. The lowest BCUT2D eigenvalue weighted by atomic mass is 9.97. The minimum absolute atomic E-state index is 0.0677. The van der Waals surface area contributed by atoms with Crippen LogP contribution in [0.3, 0.4) is 0 Å². The van der Waals surface area contributed by atoms with Gasteiger partial charge in [0.2, 0.25) is 12.6 Å². The second-order valence-corrected chi connectivity index (χ2v) is 13.1. The molecule has 0 amide bonds. The Kier molecular flexibility index (Phi) is 14.7. The number of rotatable bonds is 13. The summed E-state index contributed by atoms with van der Waals surface area (Å²) in [5, 5.41) is 0. The molecule has 0 radical (unpaired) electrons. The number of benzene rings is 3. The summed E-state index contributed by atoms with van der Waals surface area (Å²) in [6.45, 7) is 5.19. The molecule has 2 saturated heterocycles. The zero-order valence-corrected chi connectivity index (χ0v) is 32.1. The quantitative estimate of drug-likeness (QED) is 0.179. The molecule has 0 aliphatic carbocycles. The van der Waals surface area contributed by atoms with Gasteiger partial charge in [0, 0.05) is 27.7 Å². The fourth-order valence-corrected chi connectivity index (χ4v) is 6.23. The van der Waals surface area contributed by atoms with Gasteiger partial charge in [0.05, 0.1) is 22.8 Å². The Balaban J connectivity index is 1.60. The van der Waals surface area contributed by atoms with Crippen LogP contribution in [0.15, 0.2) is 91.0 Å². The van der Waals surface area contributed by atoms with Crippen molar-refractivity contribution in [3.8, 4) is 0 Å². The third-order valence-electron chi connectivity index (χ3n) is 8.70. The predicted molar refractivity (Wildman–Crippen MR) is 194 cm³/mol. The van der Waals surface area contributed by atoms with Crippen molar-refractivity contribution in [2.24, 2.45) is 0 Å². The maximum Gasteiger partial charge on any atom is 0.338 e. The molecule has 17 heteroatoms. The van der Waals surface area contributed by atoms with E-state index in [4.69, 9.17) is 47.4 Å². The van der Waals surface area contributed by atoms with Crippen LogP contribution in [0.5, 0.6) is 0 Å². The molecule has 58 heavy (non-hydrogen) atoms. The van der Waals surface area contributed by atoms with E-state index in [9.17, 15) is 33.6 Å². The Morgan fingerprint density at radius 1 is 0.448 bits per heavy atom. The minimum Gasteiger partial charge on any atom is -0.463 e. The normalized spacial score (nSPS) is 26.5. The molecule has 0 spiro atoms. The van der Waals surface area contributed by atoms with Gasteiger partial charge < -0.3 is 47.4 Å². The first-order valence-electron chi connectivity index (χ1n) is 18.1. The smallest absolute Gasteiger partial charge is 0.338 e. The predicted octanol–water partition coefficient (Wildman–Crippen LogP) is 3.51. The van der Waals surface area contributed by atoms with Crippen molar-refractivity contribution in [3.63, 3.8) is 0 Å². The summed E-state index contributed by atoms with van der Waals surface area (Å²) in [7, 11) is 0. The molecule has 2 heterocycles. The maximum absolute atomic E-state index is 13.8. The van der Waals surface area contributed by atoms with Crippen LogP contribution < -0.4 is 0 Å². The van der Waals surface area contributed by atoms with Gasteiger partial charge in [0.25, 0.3) is 0 Å². The number of carbonyl (C=O) groups is 7. The highest BCUT2D eigenvalue weighted by Gasteiger charge is 2.57.